The van der Waals surface area contributed by atoms with Gasteiger partial charge in [0.15, 0.2) is 0 Å². The van der Waals surface area contributed by atoms with Crippen LogP contribution in [0.4, 0.5) is 0 Å². The molecule has 0 amide bonds. The number of carboxylic acid groups (broad SMARTS) is 1. The highest BCUT2D eigenvalue weighted by molar-refractivity contribution is 5.66. The predicted molar refractivity (Wildman–Crippen MR) is 129 cm³/mol. The van der Waals surface area contributed by atoms with Gasteiger partial charge in [-0.1, -0.05) is 19.8 Å². The zero-order valence-corrected chi connectivity index (χ0v) is 21.6. The Balaban J connectivity index is 3.01. The van der Waals surface area contributed by atoms with Gasteiger partial charge < -0.3 is 47.7 Å². The Morgan fingerprint density at radius 1 is 0.429 bits per heavy atom. The topological polar surface area (TPSA) is 120 Å². The van der Waals surface area contributed by atoms with Crippen LogP contribution in [0.25, 0.3) is 0 Å². The summed E-state index contributed by atoms with van der Waals surface area (Å²) in [4.78, 5) is 10.3. The molecule has 210 valence electrons. The summed E-state index contributed by atoms with van der Waals surface area (Å²) in [5.74, 6) is -0.869. The van der Waals surface area contributed by atoms with Gasteiger partial charge in [0, 0.05) is 6.61 Å². The third kappa shape index (κ3) is 33.1. The van der Waals surface area contributed by atoms with E-state index in [1.807, 2.05) is 0 Å². The lowest BCUT2D eigenvalue weighted by Gasteiger charge is -2.08. The van der Waals surface area contributed by atoms with Gasteiger partial charge in [-0.15, -0.1) is 0 Å². The average molecular weight is 513 g/mol. The molecule has 0 unspecified atom stereocenters. The normalized spacial score (nSPS) is 11.3. The molecule has 0 aliphatic heterocycles. The van der Waals surface area contributed by atoms with E-state index < -0.39 is 5.97 Å². The number of unbranched alkanes of at least 4 members (excludes halogenated alkanes) is 2. The summed E-state index contributed by atoms with van der Waals surface area (Å²) in [6.07, 6.45) is 3.54. The minimum absolute atomic E-state index is 0.00456. The van der Waals surface area contributed by atoms with Gasteiger partial charge in [0.25, 0.3) is 0 Å². The molecule has 0 saturated heterocycles. The first-order valence-electron chi connectivity index (χ1n) is 12.7. The van der Waals surface area contributed by atoms with Crippen molar-refractivity contribution in [3.8, 4) is 0 Å². The Morgan fingerprint density at radius 3 is 0.943 bits per heavy atom. The SMILES string of the molecule is CCCCCOCCOCCOCCOCCOCCOCCOCCOCCOCCC(=O)O. The molecule has 0 saturated carbocycles. The highest BCUT2D eigenvalue weighted by Gasteiger charge is 1.97. The number of hydrogen-bond donors (Lipinski definition) is 1. The molecule has 0 atom stereocenters. The highest BCUT2D eigenvalue weighted by atomic mass is 16.6. The molecule has 0 aliphatic rings. The minimum atomic E-state index is -0.869. The van der Waals surface area contributed by atoms with E-state index >= 15 is 0 Å². The fraction of sp³-hybridized carbons (Fsp3) is 0.958. The monoisotopic (exact) mass is 512 g/mol. The maximum atomic E-state index is 10.3. The second kappa shape index (κ2) is 31.1. The molecule has 0 spiro atoms. The van der Waals surface area contributed by atoms with Gasteiger partial charge in [-0.2, -0.15) is 0 Å². The second-order valence-electron chi connectivity index (χ2n) is 7.36. The molecule has 0 aromatic carbocycles. The average Bonchev–Trinajstić information content (AvgIpc) is 2.85. The standard InChI is InChI=1S/C24H48O11/c1-2-3-4-6-27-8-10-29-12-14-31-16-18-33-20-22-35-23-21-34-19-17-32-15-13-30-11-9-28-7-5-24(25)26/h2-23H2,1H3,(H,25,26). The number of rotatable bonds is 31. The summed E-state index contributed by atoms with van der Waals surface area (Å²) in [6.45, 7) is 11.3. The van der Waals surface area contributed by atoms with Crippen molar-refractivity contribution in [2.45, 2.75) is 32.6 Å². The van der Waals surface area contributed by atoms with Crippen LogP contribution in [0.3, 0.4) is 0 Å². The summed E-state index contributed by atoms with van der Waals surface area (Å²) in [7, 11) is 0. The van der Waals surface area contributed by atoms with E-state index in [1.165, 1.54) is 12.8 Å². The van der Waals surface area contributed by atoms with Crippen LogP contribution in [0.1, 0.15) is 32.6 Å². The number of ether oxygens (including phenoxy) is 9. The van der Waals surface area contributed by atoms with Crippen LogP contribution in [-0.4, -0.2) is 130 Å². The molecule has 0 fully saturated rings. The van der Waals surface area contributed by atoms with E-state index in [-0.39, 0.29) is 13.0 Å². The summed E-state index contributed by atoms with van der Waals surface area (Å²) in [6, 6.07) is 0. The Kier molecular flexibility index (Phi) is 30.3. The van der Waals surface area contributed by atoms with E-state index in [4.69, 9.17) is 47.7 Å². The van der Waals surface area contributed by atoms with Crippen LogP contribution in [-0.2, 0) is 47.4 Å². The molecular formula is C24H48O11. The van der Waals surface area contributed by atoms with Gasteiger partial charge in [0.2, 0.25) is 0 Å². The van der Waals surface area contributed by atoms with Crippen LogP contribution >= 0.6 is 0 Å². The molecule has 0 radical (unpaired) electrons. The first kappa shape index (κ1) is 34.1. The largest absolute Gasteiger partial charge is 0.481 e. The Labute approximate surface area is 210 Å². The van der Waals surface area contributed by atoms with Gasteiger partial charge in [-0.3, -0.25) is 4.79 Å². The Hall–Kier alpha value is -0.890. The molecule has 0 heterocycles. The zero-order valence-electron chi connectivity index (χ0n) is 21.6. The number of carbonyl (C=O) groups is 1. The zero-order chi connectivity index (χ0) is 25.5. The second-order valence-corrected chi connectivity index (χ2v) is 7.36. The fourth-order valence-corrected chi connectivity index (χ4v) is 2.47. The molecule has 11 nitrogen and oxygen atoms in total. The van der Waals surface area contributed by atoms with Crippen molar-refractivity contribution in [3.63, 3.8) is 0 Å². The first-order valence-corrected chi connectivity index (χ1v) is 12.7. The van der Waals surface area contributed by atoms with Crippen LogP contribution < -0.4 is 0 Å². The van der Waals surface area contributed by atoms with Gasteiger partial charge in [-0.25, -0.2) is 0 Å². The van der Waals surface area contributed by atoms with Crippen LogP contribution in [0.5, 0.6) is 0 Å². The summed E-state index contributed by atoms with van der Waals surface area (Å²) in [5, 5.41) is 8.46. The first-order chi connectivity index (χ1) is 17.3. The van der Waals surface area contributed by atoms with Gasteiger partial charge in [-0.05, 0) is 6.42 Å². The minimum Gasteiger partial charge on any atom is -0.481 e. The third-order valence-corrected chi connectivity index (χ3v) is 4.33. The van der Waals surface area contributed by atoms with Crippen LogP contribution in [0, 0.1) is 0 Å². The highest BCUT2D eigenvalue weighted by Crippen LogP contribution is 1.94. The van der Waals surface area contributed by atoms with E-state index in [0.29, 0.717) is 106 Å². The molecule has 0 aromatic rings. The summed E-state index contributed by atoms with van der Waals surface area (Å²) >= 11 is 0. The van der Waals surface area contributed by atoms with E-state index in [1.54, 1.807) is 0 Å². The predicted octanol–water partition coefficient (Wildman–Crippen LogP) is 1.80. The lowest BCUT2D eigenvalue weighted by molar-refractivity contribution is -0.138. The van der Waals surface area contributed by atoms with Crippen molar-refractivity contribution >= 4 is 5.97 Å². The lowest BCUT2D eigenvalue weighted by Crippen LogP contribution is -2.15. The molecular weight excluding hydrogens is 464 g/mol. The van der Waals surface area contributed by atoms with Gasteiger partial charge >= 0.3 is 5.97 Å². The molecule has 0 rings (SSSR count). The number of carboxylic acids is 1. The molecule has 35 heavy (non-hydrogen) atoms. The number of hydrogen-bond acceptors (Lipinski definition) is 10. The van der Waals surface area contributed by atoms with E-state index in [0.717, 1.165) is 13.0 Å². The quantitative estimate of drug-likeness (QED) is 0.137. The van der Waals surface area contributed by atoms with Crippen molar-refractivity contribution in [2.24, 2.45) is 0 Å². The fourth-order valence-electron chi connectivity index (χ4n) is 2.47. The smallest absolute Gasteiger partial charge is 0.305 e. The summed E-state index contributed by atoms with van der Waals surface area (Å²) < 4.78 is 48.4. The lowest BCUT2D eigenvalue weighted by atomic mass is 10.3. The van der Waals surface area contributed by atoms with Crippen molar-refractivity contribution in [2.75, 3.05) is 119 Å². The summed E-state index contributed by atoms with van der Waals surface area (Å²) in [5.41, 5.74) is 0. The van der Waals surface area contributed by atoms with E-state index in [2.05, 4.69) is 6.92 Å². The molecule has 11 heteroatoms. The van der Waals surface area contributed by atoms with Gasteiger partial charge in [0.05, 0.1) is 119 Å². The van der Waals surface area contributed by atoms with Crippen molar-refractivity contribution in [1.29, 1.82) is 0 Å². The maximum absolute atomic E-state index is 10.3. The van der Waals surface area contributed by atoms with Crippen molar-refractivity contribution in [3.05, 3.63) is 0 Å². The molecule has 0 aliphatic carbocycles. The van der Waals surface area contributed by atoms with E-state index in [9.17, 15) is 4.79 Å². The van der Waals surface area contributed by atoms with Crippen molar-refractivity contribution < 1.29 is 52.5 Å². The molecule has 0 aromatic heterocycles. The van der Waals surface area contributed by atoms with Gasteiger partial charge in [0.1, 0.15) is 0 Å². The van der Waals surface area contributed by atoms with Crippen molar-refractivity contribution in [1.82, 2.24) is 0 Å². The third-order valence-electron chi connectivity index (χ3n) is 4.33. The molecule has 1 N–H and O–H groups in total. The number of aliphatic carboxylic acids is 1. The maximum Gasteiger partial charge on any atom is 0.305 e. The molecule has 0 bridgehead atoms. The Bertz CT molecular complexity index is 413. The van der Waals surface area contributed by atoms with Crippen LogP contribution in [0.2, 0.25) is 0 Å². The van der Waals surface area contributed by atoms with Crippen LogP contribution in [0.15, 0.2) is 0 Å². The Morgan fingerprint density at radius 2 is 0.686 bits per heavy atom.